The summed E-state index contributed by atoms with van der Waals surface area (Å²) in [6.45, 7) is 2.63. The highest BCUT2D eigenvalue weighted by Gasteiger charge is 2.18. The Balaban J connectivity index is 1.49. The van der Waals surface area contributed by atoms with Crippen molar-refractivity contribution in [1.29, 1.82) is 0 Å². The van der Waals surface area contributed by atoms with Gasteiger partial charge >= 0.3 is 0 Å². The molecule has 0 fully saturated rings. The highest BCUT2D eigenvalue weighted by Crippen LogP contribution is 2.30. The molecule has 0 saturated carbocycles. The number of para-hydroxylation sites is 1. The summed E-state index contributed by atoms with van der Waals surface area (Å²) in [5.41, 5.74) is 1.27. The van der Waals surface area contributed by atoms with Crippen molar-refractivity contribution in [2.75, 3.05) is 11.1 Å². The first-order valence-electron chi connectivity index (χ1n) is 8.85. The normalized spacial score (nSPS) is 11.1. The van der Waals surface area contributed by atoms with Crippen molar-refractivity contribution in [3.8, 4) is 11.6 Å². The number of amides is 1. The van der Waals surface area contributed by atoms with Crippen molar-refractivity contribution in [1.82, 2.24) is 14.8 Å². The van der Waals surface area contributed by atoms with Gasteiger partial charge in [-0.1, -0.05) is 53.2 Å². The molecular weight excluding hydrogens is 431 g/mol. The van der Waals surface area contributed by atoms with Crippen molar-refractivity contribution in [3.05, 3.63) is 58.6 Å². The number of nitrogens with one attached hydrogen (secondary N) is 1. The zero-order valence-corrected chi connectivity index (χ0v) is 17.7. The average molecular weight is 447 g/mol. The molecule has 2 heterocycles. The van der Waals surface area contributed by atoms with E-state index in [0.717, 1.165) is 11.0 Å². The number of thioether (sulfide) groups is 1. The molecule has 1 amide bonds. The predicted molar refractivity (Wildman–Crippen MR) is 117 cm³/mol. The van der Waals surface area contributed by atoms with E-state index in [1.54, 1.807) is 18.2 Å². The fourth-order valence-electron chi connectivity index (χ4n) is 2.86. The minimum absolute atomic E-state index is 0.154. The van der Waals surface area contributed by atoms with Gasteiger partial charge in [-0.2, -0.15) is 0 Å². The number of nitrogens with zero attached hydrogens (tertiary/aromatic N) is 3. The second kappa shape index (κ2) is 8.49. The predicted octanol–water partition coefficient (Wildman–Crippen LogP) is 5.75. The lowest BCUT2D eigenvalue weighted by Crippen LogP contribution is -2.15. The topological polar surface area (TPSA) is 73.0 Å². The van der Waals surface area contributed by atoms with Crippen molar-refractivity contribution in [2.45, 2.75) is 18.6 Å². The molecule has 9 heteroatoms. The van der Waals surface area contributed by atoms with Crippen LogP contribution >= 0.6 is 35.0 Å². The van der Waals surface area contributed by atoms with Gasteiger partial charge in [-0.25, -0.2) is 0 Å². The second-order valence-electron chi connectivity index (χ2n) is 6.16. The smallest absolute Gasteiger partial charge is 0.234 e. The summed E-state index contributed by atoms with van der Waals surface area (Å²) in [4.78, 5) is 12.3. The van der Waals surface area contributed by atoms with E-state index in [1.807, 2.05) is 41.8 Å². The summed E-state index contributed by atoms with van der Waals surface area (Å²) in [6, 6.07) is 14.6. The van der Waals surface area contributed by atoms with Crippen LogP contribution < -0.4 is 5.32 Å². The van der Waals surface area contributed by atoms with Crippen LogP contribution in [0.15, 0.2) is 58.1 Å². The number of carbonyl (C=O) groups is 1. The molecule has 0 spiro atoms. The number of furan rings is 1. The van der Waals surface area contributed by atoms with Crippen LogP contribution in [-0.4, -0.2) is 26.4 Å². The van der Waals surface area contributed by atoms with Crippen LogP contribution in [0.3, 0.4) is 0 Å². The van der Waals surface area contributed by atoms with Gasteiger partial charge < -0.3 is 9.73 Å². The molecule has 2 aromatic carbocycles. The van der Waals surface area contributed by atoms with E-state index in [1.165, 1.54) is 11.8 Å². The lowest BCUT2D eigenvalue weighted by Gasteiger charge is -2.08. The zero-order valence-electron chi connectivity index (χ0n) is 15.4. The maximum Gasteiger partial charge on any atom is 0.234 e. The van der Waals surface area contributed by atoms with E-state index in [-0.39, 0.29) is 11.7 Å². The Morgan fingerprint density at radius 2 is 2.00 bits per heavy atom. The number of anilines is 1. The van der Waals surface area contributed by atoms with Crippen molar-refractivity contribution >= 4 is 57.5 Å². The molecule has 4 rings (SSSR count). The zero-order chi connectivity index (χ0) is 20.4. The molecule has 0 aliphatic carbocycles. The summed E-state index contributed by atoms with van der Waals surface area (Å²) < 4.78 is 7.82. The van der Waals surface area contributed by atoms with Gasteiger partial charge in [0.2, 0.25) is 11.7 Å². The Morgan fingerprint density at radius 1 is 1.17 bits per heavy atom. The Morgan fingerprint density at radius 3 is 2.79 bits per heavy atom. The van der Waals surface area contributed by atoms with E-state index in [2.05, 4.69) is 15.5 Å². The molecule has 0 bridgehead atoms. The van der Waals surface area contributed by atoms with Crippen LogP contribution in [0, 0.1) is 0 Å². The third-order valence-electron chi connectivity index (χ3n) is 4.21. The summed E-state index contributed by atoms with van der Waals surface area (Å²) in [6.07, 6.45) is 0. The quantitative estimate of drug-likeness (QED) is 0.381. The number of hydrogen-bond donors (Lipinski definition) is 1. The molecule has 6 nitrogen and oxygen atoms in total. The van der Waals surface area contributed by atoms with Gasteiger partial charge in [0.1, 0.15) is 5.58 Å². The lowest BCUT2D eigenvalue weighted by molar-refractivity contribution is -0.113. The van der Waals surface area contributed by atoms with Crippen LogP contribution in [-0.2, 0) is 11.3 Å². The Kier molecular flexibility index (Phi) is 5.80. The third kappa shape index (κ3) is 4.27. The maximum atomic E-state index is 12.3. The number of benzene rings is 2. The van der Waals surface area contributed by atoms with Gasteiger partial charge in [0.05, 0.1) is 16.5 Å². The Labute approximate surface area is 181 Å². The van der Waals surface area contributed by atoms with Crippen LogP contribution in [0.25, 0.3) is 22.6 Å². The first kappa shape index (κ1) is 19.8. The molecule has 1 N–H and O–H groups in total. The second-order valence-corrected chi connectivity index (χ2v) is 7.95. The number of carbonyl (C=O) groups excluding carboxylic acids is 1. The minimum atomic E-state index is -0.213. The summed E-state index contributed by atoms with van der Waals surface area (Å²) in [5, 5.41) is 13.8. The monoisotopic (exact) mass is 446 g/mol. The summed E-state index contributed by atoms with van der Waals surface area (Å²) >= 11 is 13.3. The van der Waals surface area contributed by atoms with E-state index >= 15 is 0 Å². The van der Waals surface area contributed by atoms with Crippen molar-refractivity contribution in [3.63, 3.8) is 0 Å². The van der Waals surface area contributed by atoms with Gasteiger partial charge in [-0.3, -0.25) is 9.36 Å². The van der Waals surface area contributed by atoms with E-state index in [9.17, 15) is 4.79 Å². The standard InChI is InChI=1S/C20H16Cl2N4O2S/c1-2-26-19(17-9-12-5-3-4-6-16(12)28-17)24-25-20(26)29-11-18(27)23-15-10-13(21)7-8-14(15)22/h3-10H,2,11H2,1H3,(H,23,27). The SMILES string of the molecule is CCn1c(SCC(=O)Nc2cc(Cl)ccc2Cl)nnc1-c1cc2ccccc2o1. The Hall–Kier alpha value is -2.48. The number of rotatable bonds is 6. The van der Waals surface area contributed by atoms with Gasteiger partial charge in [0.25, 0.3) is 0 Å². The van der Waals surface area contributed by atoms with Gasteiger partial charge in [0, 0.05) is 17.0 Å². The fraction of sp³-hybridized carbons (Fsp3) is 0.150. The summed E-state index contributed by atoms with van der Waals surface area (Å²) in [7, 11) is 0. The highest BCUT2D eigenvalue weighted by atomic mass is 35.5. The molecule has 2 aromatic heterocycles. The third-order valence-corrected chi connectivity index (χ3v) is 5.75. The first-order valence-corrected chi connectivity index (χ1v) is 10.6. The first-order chi connectivity index (χ1) is 14.0. The molecule has 0 radical (unpaired) electrons. The number of fused-ring (bicyclic) bond motifs is 1. The molecule has 0 saturated heterocycles. The molecule has 0 atom stereocenters. The fourth-order valence-corrected chi connectivity index (χ4v) is 4.00. The highest BCUT2D eigenvalue weighted by molar-refractivity contribution is 7.99. The Bertz CT molecular complexity index is 1160. The van der Waals surface area contributed by atoms with Crippen LogP contribution in [0.5, 0.6) is 0 Å². The number of hydrogen-bond acceptors (Lipinski definition) is 5. The molecule has 148 valence electrons. The van der Waals surface area contributed by atoms with E-state index in [0.29, 0.717) is 39.0 Å². The molecule has 29 heavy (non-hydrogen) atoms. The molecule has 0 aliphatic rings. The van der Waals surface area contributed by atoms with Gasteiger partial charge in [-0.15, -0.1) is 10.2 Å². The van der Waals surface area contributed by atoms with Gasteiger partial charge in [-0.05, 0) is 37.3 Å². The minimum Gasteiger partial charge on any atom is -0.453 e. The van der Waals surface area contributed by atoms with E-state index in [4.69, 9.17) is 27.6 Å². The van der Waals surface area contributed by atoms with Crippen LogP contribution in [0.2, 0.25) is 10.0 Å². The van der Waals surface area contributed by atoms with E-state index < -0.39 is 0 Å². The van der Waals surface area contributed by atoms with Gasteiger partial charge in [0.15, 0.2) is 10.9 Å². The molecule has 4 aromatic rings. The largest absolute Gasteiger partial charge is 0.453 e. The van der Waals surface area contributed by atoms with Crippen molar-refractivity contribution < 1.29 is 9.21 Å². The number of aromatic nitrogens is 3. The van der Waals surface area contributed by atoms with Crippen molar-refractivity contribution in [2.24, 2.45) is 0 Å². The summed E-state index contributed by atoms with van der Waals surface area (Å²) in [5.74, 6) is 1.21. The van der Waals surface area contributed by atoms with Crippen LogP contribution in [0.1, 0.15) is 6.92 Å². The number of halogens is 2. The molecule has 0 unspecified atom stereocenters. The maximum absolute atomic E-state index is 12.3. The molecular formula is C20H16Cl2N4O2S. The lowest BCUT2D eigenvalue weighted by atomic mass is 10.2. The molecule has 0 aliphatic heterocycles. The average Bonchev–Trinajstić information content (AvgIpc) is 3.32. The van der Waals surface area contributed by atoms with Crippen LogP contribution in [0.4, 0.5) is 5.69 Å².